The lowest BCUT2D eigenvalue weighted by Gasteiger charge is -2.40. The first-order valence-electron chi connectivity index (χ1n) is 20.1. The van der Waals surface area contributed by atoms with Gasteiger partial charge in [0.1, 0.15) is 0 Å². The molecular formula is C51H40N4S2. The Bertz CT molecular complexity index is 2920. The maximum Gasteiger partial charge on any atom is 0.0867 e. The Morgan fingerprint density at radius 2 is 1.18 bits per heavy atom. The number of aromatic nitrogens is 1. The third-order valence-corrected chi connectivity index (χ3v) is 15.1. The first kappa shape index (κ1) is 33.6. The van der Waals surface area contributed by atoms with Crippen molar-refractivity contribution in [3.8, 4) is 5.69 Å². The summed E-state index contributed by atoms with van der Waals surface area (Å²) in [5.74, 6) is 0.348. The lowest BCUT2D eigenvalue weighted by molar-refractivity contribution is 0.202. The molecule has 0 amide bonds. The Balaban J connectivity index is 0.935. The van der Waals surface area contributed by atoms with Gasteiger partial charge < -0.3 is 4.57 Å². The molecule has 4 nitrogen and oxygen atoms in total. The highest BCUT2D eigenvalue weighted by atomic mass is 32.2. The van der Waals surface area contributed by atoms with Crippen molar-refractivity contribution in [2.24, 2.45) is 0 Å². The summed E-state index contributed by atoms with van der Waals surface area (Å²) in [4.78, 5) is 1.42. The quantitative estimate of drug-likeness (QED) is 0.163. The molecule has 3 aliphatic rings. The van der Waals surface area contributed by atoms with E-state index < -0.39 is 0 Å². The molecule has 2 aromatic heterocycles. The molecule has 1 saturated heterocycles. The van der Waals surface area contributed by atoms with Gasteiger partial charge in [0.25, 0.3) is 0 Å². The van der Waals surface area contributed by atoms with E-state index in [0.29, 0.717) is 11.2 Å². The molecular weight excluding hydrogens is 733 g/mol. The van der Waals surface area contributed by atoms with Gasteiger partial charge in [-0.3, -0.25) is 16.0 Å². The Kier molecular flexibility index (Phi) is 8.02. The van der Waals surface area contributed by atoms with E-state index in [2.05, 4.69) is 202 Å². The summed E-state index contributed by atoms with van der Waals surface area (Å²) in [6, 6.07) is 60.1. The minimum atomic E-state index is -0.0236. The lowest BCUT2D eigenvalue weighted by atomic mass is 9.81. The van der Waals surface area contributed by atoms with Crippen LogP contribution in [0.4, 0.5) is 0 Å². The second-order valence-corrected chi connectivity index (χ2v) is 18.0. The summed E-state index contributed by atoms with van der Waals surface area (Å²) in [6.07, 6.45) is 4.88. The van der Waals surface area contributed by atoms with Crippen LogP contribution in [-0.4, -0.2) is 9.82 Å². The Hall–Kier alpha value is -5.47. The second-order valence-electron chi connectivity index (χ2n) is 15.6. The number of para-hydroxylation sites is 2. The molecule has 12 rings (SSSR count). The first-order chi connectivity index (χ1) is 28.2. The zero-order valence-electron chi connectivity index (χ0n) is 31.2. The summed E-state index contributed by atoms with van der Waals surface area (Å²) >= 11 is 4.03. The molecule has 57 heavy (non-hydrogen) atoms. The van der Waals surface area contributed by atoms with Crippen molar-refractivity contribution in [3.63, 3.8) is 0 Å². The van der Waals surface area contributed by atoms with Crippen LogP contribution in [0.3, 0.4) is 0 Å². The average molecular weight is 773 g/mol. The molecule has 1 fully saturated rings. The van der Waals surface area contributed by atoms with Gasteiger partial charge in [-0.15, -0.1) is 23.1 Å². The molecule has 0 spiro atoms. The summed E-state index contributed by atoms with van der Waals surface area (Å²) < 4.78 is 5.16. The van der Waals surface area contributed by atoms with E-state index in [0.717, 1.165) is 6.42 Å². The molecule has 276 valence electrons. The molecule has 0 saturated carbocycles. The second kappa shape index (κ2) is 13.6. The van der Waals surface area contributed by atoms with Gasteiger partial charge in [0, 0.05) is 52.7 Å². The summed E-state index contributed by atoms with van der Waals surface area (Å²) in [6.45, 7) is 0. The van der Waals surface area contributed by atoms with Crippen LogP contribution in [0.5, 0.6) is 0 Å². The molecule has 0 radical (unpaired) electrons. The van der Waals surface area contributed by atoms with Crippen molar-refractivity contribution in [1.82, 2.24) is 20.5 Å². The van der Waals surface area contributed by atoms with Crippen LogP contribution in [0, 0.1) is 0 Å². The van der Waals surface area contributed by atoms with Gasteiger partial charge in [-0.05, 0) is 76.6 Å². The van der Waals surface area contributed by atoms with Crippen LogP contribution in [0.25, 0.3) is 53.2 Å². The first-order valence-corrected chi connectivity index (χ1v) is 21.8. The number of fused-ring (bicyclic) bond motifs is 9. The number of thiophene rings is 1. The number of allylic oxidation sites excluding steroid dienone is 2. The van der Waals surface area contributed by atoms with Crippen LogP contribution in [0.2, 0.25) is 0 Å². The molecule has 9 aromatic rings. The minimum Gasteiger partial charge on any atom is -0.309 e. The molecule has 4 heterocycles. The van der Waals surface area contributed by atoms with Crippen LogP contribution in [0.15, 0.2) is 175 Å². The maximum absolute atomic E-state index is 3.97. The highest BCUT2D eigenvalue weighted by molar-refractivity contribution is 8.00. The van der Waals surface area contributed by atoms with Gasteiger partial charge in [-0.1, -0.05) is 140 Å². The fourth-order valence-electron chi connectivity index (χ4n) is 9.83. The average Bonchev–Trinajstić information content (AvgIpc) is 3.96. The van der Waals surface area contributed by atoms with Crippen LogP contribution < -0.4 is 16.0 Å². The van der Waals surface area contributed by atoms with E-state index in [1.165, 1.54) is 92.4 Å². The van der Waals surface area contributed by atoms with Crippen LogP contribution in [0.1, 0.15) is 65.1 Å². The predicted molar refractivity (Wildman–Crippen MR) is 240 cm³/mol. The standard InChI is InChI=1S/C51H40N4S2/c1-3-13-31(14-4-1)49-52-50(32-15-5-2-6-16-32)54-51(53-49)40-21-12-24-45-47(40)41-29-33(25-28-44(41)56-45)35-19-11-20-39-38-27-26-34(30-46(38)57-48(35)39)55-42-22-9-7-17-36(42)37-18-8-10-23-43(37)55/h1-24,26-27,29-30,41,44,49-54H,25,28H2. The third-order valence-electron chi connectivity index (χ3n) is 12.4. The van der Waals surface area contributed by atoms with Crippen molar-refractivity contribution < 1.29 is 0 Å². The normalized spacial score (nSPS) is 21.9. The fourth-order valence-corrected chi connectivity index (χ4v) is 12.6. The van der Waals surface area contributed by atoms with Crippen LogP contribution in [-0.2, 0) is 0 Å². The molecule has 7 aromatic carbocycles. The topological polar surface area (TPSA) is 41.0 Å². The molecule has 4 atom stereocenters. The maximum atomic E-state index is 3.97. The van der Waals surface area contributed by atoms with Crippen molar-refractivity contribution in [2.45, 2.75) is 47.4 Å². The van der Waals surface area contributed by atoms with Gasteiger partial charge in [-0.2, -0.15) is 0 Å². The number of hydrogen-bond acceptors (Lipinski definition) is 5. The monoisotopic (exact) mass is 772 g/mol. The van der Waals surface area contributed by atoms with Crippen molar-refractivity contribution in [1.29, 1.82) is 0 Å². The van der Waals surface area contributed by atoms with E-state index in [9.17, 15) is 0 Å². The van der Waals surface area contributed by atoms with Gasteiger partial charge in [-0.25, -0.2) is 0 Å². The molecule has 1 aliphatic carbocycles. The minimum absolute atomic E-state index is 0.00172. The zero-order valence-corrected chi connectivity index (χ0v) is 32.9. The van der Waals surface area contributed by atoms with E-state index in [4.69, 9.17) is 0 Å². The number of rotatable bonds is 5. The Labute approximate surface area is 340 Å². The fraction of sp³-hybridized carbons (Fsp3) is 0.137. The zero-order chi connectivity index (χ0) is 37.5. The number of nitrogens with zero attached hydrogens (tertiary/aromatic N) is 1. The Morgan fingerprint density at radius 1 is 0.544 bits per heavy atom. The van der Waals surface area contributed by atoms with E-state index in [1.54, 1.807) is 0 Å². The third kappa shape index (κ3) is 5.54. The van der Waals surface area contributed by atoms with Gasteiger partial charge >= 0.3 is 0 Å². The van der Waals surface area contributed by atoms with E-state index in [1.807, 2.05) is 11.3 Å². The van der Waals surface area contributed by atoms with E-state index in [-0.39, 0.29) is 18.5 Å². The molecule has 2 aliphatic heterocycles. The van der Waals surface area contributed by atoms with Gasteiger partial charge in [0.05, 0.1) is 29.5 Å². The molecule has 0 bridgehead atoms. The highest BCUT2D eigenvalue weighted by Crippen LogP contribution is 2.55. The smallest absolute Gasteiger partial charge is 0.0867 e. The molecule has 4 unspecified atom stereocenters. The highest BCUT2D eigenvalue weighted by Gasteiger charge is 2.39. The van der Waals surface area contributed by atoms with Gasteiger partial charge in [0.15, 0.2) is 0 Å². The van der Waals surface area contributed by atoms with Crippen LogP contribution >= 0.6 is 23.1 Å². The van der Waals surface area contributed by atoms with Crippen molar-refractivity contribution in [2.75, 3.05) is 0 Å². The van der Waals surface area contributed by atoms with E-state index >= 15 is 0 Å². The summed E-state index contributed by atoms with van der Waals surface area (Å²) in [5.41, 5.74) is 11.9. The predicted octanol–water partition coefficient (Wildman–Crippen LogP) is 12.8. The SMILES string of the molecule is C1=C(c2cccc3c2sc2cc(-n4c5ccccc5c5ccccc54)ccc23)CCC2Sc3cccc(C4NC(c5ccccc5)NC(c5ccccc5)N4)c3C12. The molecule has 3 N–H and O–H groups in total. The summed E-state index contributed by atoms with van der Waals surface area (Å²) in [5, 5.41) is 17.6. The number of nitrogens with one attached hydrogen (secondary N) is 3. The number of hydrogen-bond donors (Lipinski definition) is 3. The summed E-state index contributed by atoms with van der Waals surface area (Å²) in [7, 11) is 0. The molecule has 6 heteroatoms. The van der Waals surface area contributed by atoms with Gasteiger partial charge in [0.2, 0.25) is 0 Å². The largest absolute Gasteiger partial charge is 0.309 e. The Morgan fingerprint density at radius 3 is 1.89 bits per heavy atom. The number of thioether (sulfide) groups is 1. The number of benzene rings is 7. The van der Waals surface area contributed by atoms with Crippen molar-refractivity contribution >= 4 is 70.6 Å². The lowest BCUT2D eigenvalue weighted by Crippen LogP contribution is -2.54. The van der Waals surface area contributed by atoms with Crippen molar-refractivity contribution in [3.05, 3.63) is 198 Å².